The summed E-state index contributed by atoms with van der Waals surface area (Å²) in [5, 5.41) is 0.559. The van der Waals surface area contributed by atoms with Crippen LogP contribution in [0.15, 0.2) is 33.7 Å². The number of methoxy groups -OCH3 is 1. The first-order valence-electron chi connectivity index (χ1n) is 4.90. The van der Waals surface area contributed by atoms with Crippen LogP contribution in [0, 0.1) is 0 Å². The van der Waals surface area contributed by atoms with Gasteiger partial charge in [-0.25, -0.2) is 0 Å². The highest BCUT2D eigenvalue weighted by molar-refractivity contribution is 6.18. The second-order valence-electron chi connectivity index (χ2n) is 3.39. The molecule has 2 aromatic rings. The van der Waals surface area contributed by atoms with Gasteiger partial charge in [0.25, 0.3) is 0 Å². The summed E-state index contributed by atoms with van der Waals surface area (Å²) in [5.41, 5.74) is 1.11. The maximum absolute atomic E-state index is 12.0. The van der Waals surface area contributed by atoms with Gasteiger partial charge in [-0.15, -0.1) is 11.6 Å². The minimum atomic E-state index is -0.0236. The first-order valence-corrected chi connectivity index (χ1v) is 5.44. The molecule has 0 saturated carbocycles. The van der Waals surface area contributed by atoms with Crippen molar-refractivity contribution in [2.75, 3.05) is 13.0 Å². The lowest BCUT2D eigenvalue weighted by Gasteiger charge is -2.02. The molecule has 2 rings (SSSR count). The summed E-state index contributed by atoms with van der Waals surface area (Å²) < 4.78 is 10.4. The van der Waals surface area contributed by atoms with Crippen molar-refractivity contribution in [2.24, 2.45) is 0 Å². The summed E-state index contributed by atoms with van der Waals surface area (Å²) in [6.45, 7) is 0. The molecule has 0 bridgehead atoms. The highest BCUT2D eigenvalue weighted by Crippen LogP contribution is 2.18. The Balaban J connectivity index is 2.62. The van der Waals surface area contributed by atoms with E-state index in [-0.39, 0.29) is 5.43 Å². The Kier molecular flexibility index (Phi) is 3.15. The van der Waals surface area contributed by atoms with Gasteiger partial charge in [-0.1, -0.05) is 0 Å². The molecule has 0 saturated heterocycles. The van der Waals surface area contributed by atoms with Crippen LogP contribution >= 0.6 is 11.6 Å². The average Bonchev–Trinajstić information content (AvgIpc) is 2.32. The van der Waals surface area contributed by atoms with Crippen molar-refractivity contribution in [2.45, 2.75) is 6.42 Å². The third-order valence-electron chi connectivity index (χ3n) is 2.42. The molecule has 84 valence electrons. The zero-order chi connectivity index (χ0) is 11.5. The predicted molar refractivity (Wildman–Crippen MR) is 63.5 cm³/mol. The van der Waals surface area contributed by atoms with Gasteiger partial charge < -0.3 is 9.15 Å². The SMILES string of the molecule is COc1ccc2c(=O)c(CCCl)coc2c1. The van der Waals surface area contributed by atoms with Gasteiger partial charge in [0.1, 0.15) is 11.3 Å². The number of hydrogen-bond donors (Lipinski definition) is 0. The highest BCUT2D eigenvalue weighted by atomic mass is 35.5. The molecule has 0 spiro atoms. The molecule has 0 aliphatic heterocycles. The van der Waals surface area contributed by atoms with Crippen LogP contribution in [0.4, 0.5) is 0 Å². The van der Waals surface area contributed by atoms with E-state index in [0.717, 1.165) is 0 Å². The quantitative estimate of drug-likeness (QED) is 0.772. The summed E-state index contributed by atoms with van der Waals surface area (Å²) in [6.07, 6.45) is 1.98. The summed E-state index contributed by atoms with van der Waals surface area (Å²) in [6, 6.07) is 5.14. The number of rotatable bonds is 3. The van der Waals surface area contributed by atoms with E-state index >= 15 is 0 Å². The van der Waals surface area contributed by atoms with Crippen molar-refractivity contribution < 1.29 is 9.15 Å². The van der Waals surface area contributed by atoms with Crippen molar-refractivity contribution in [3.63, 3.8) is 0 Å². The van der Waals surface area contributed by atoms with Crippen LogP contribution in [0.25, 0.3) is 11.0 Å². The topological polar surface area (TPSA) is 39.4 Å². The lowest BCUT2D eigenvalue weighted by molar-refractivity contribution is 0.414. The Morgan fingerprint density at radius 2 is 2.25 bits per heavy atom. The molecular formula is C12H11ClO3. The predicted octanol–water partition coefficient (Wildman–Crippen LogP) is 2.58. The van der Waals surface area contributed by atoms with Crippen LogP contribution in [0.5, 0.6) is 5.75 Å². The van der Waals surface area contributed by atoms with Gasteiger partial charge in [0.15, 0.2) is 5.43 Å². The van der Waals surface area contributed by atoms with E-state index in [1.54, 1.807) is 25.3 Å². The van der Waals surface area contributed by atoms with Crippen LogP contribution in [0.1, 0.15) is 5.56 Å². The zero-order valence-corrected chi connectivity index (χ0v) is 9.58. The molecule has 16 heavy (non-hydrogen) atoms. The van der Waals surface area contributed by atoms with E-state index in [0.29, 0.717) is 34.6 Å². The van der Waals surface area contributed by atoms with Crippen LogP contribution < -0.4 is 10.2 Å². The molecule has 0 unspecified atom stereocenters. The first kappa shape index (κ1) is 11.0. The lowest BCUT2D eigenvalue weighted by Crippen LogP contribution is -2.09. The summed E-state index contributed by atoms with van der Waals surface area (Å²) in [7, 11) is 1.57. The monoisotopic (exact) mass is 238 g/mol. The fourth-order valence-electron chi connectivity index (χ4n) is 1.55. The molecule has 4 heteroatoms. The van der Waals surface area contributed by atoms with Crippen LogP contribution in [0.3, 0.4) is 0 Å². The molecular weight excluding hydrogens is 228 g/mol. The van der Waals surface area contributed by atoms with E-state index < -0.39 is 0 Å². The minimum absolute atomic E-state index is 0.0236. The fraction of sp³-hybridized carbons (Fsp3) is 0.250. The number of alkyl halides is 1. The van der Waals surface area contributed by atoms with Gasteiger partial charge in [0, 0.05) is 17.5 Å². The number of benzene rings is 1. The van der Waals surface area contributed by atoms with Gasteiger partial charge in [0.2, 0.25) is 0 Å². The molecule has 0 amide bonds. The Morgan fingerprint density at radius 1 is 1.44 bits per heavy atom. The number of halogens is 1. The molecule has 0 fully saturated rings. The lowest BCUT2D eigenvalue weighted by atomic mass is 10.1. The fourth-order valence-corrected chi connectivity index (χ4v) is 1.75. The van der Waals surface area contributed by atoms with E-state index in [2.05, 4.69) is 0 Å². The van der Waals surface area contributed by atoms with E-state index in [9.17, 15) is 4.79 Å². The van der Waals surface area contributed by atoms with E-state index in [4.69, 9.17) is 20.8 Å². The number of fused-ring (bicyclic) bond motifs is 1. The van der Waals surface area contributed by atoms with Gasteiger partial charge in [0.05, 0.1) is 18.8 Å². The van der Waals surface area contributed by atoms with Gasteiger partial charge in [-0.2, -0.15) is 0 Å². The van der Waals surface area contributed by atoms with E-state index in [1.807, 2.05) is 0 Å². The summed E-state index contributed by atoms with van der Waals surface area (Å²) >= 11 is 5.61. The molecule has 0 N–H and O–H groups in total. The Hall–Kier alpha value is -1.48. The van der Waals surface area contributed by atoms with Crippen molar-refractivity contribution in [1.82, 2.24) is 0 Å². The molecule has 0 atom stereocenters. The zero-order valence-electron chi connectivity index (χ0n) is 8.83. The van der Waals surface area contributed by atoms with Crippen molar-refractivity contribution in [1.29, 1.82) is 0 Å². The molecule has 1 aromatic carbocycles. The number of ether oxygens (including phenoxy) is 1. The largest absolute Gasteiger partial charge is 0.497 e. The van der Waals surface area contributed by atoms with Gasteiger partial charge in [-0.3, -0.25) is 4.79 Å². The summed E-state index contributed by atoms with van der Waals surface area (Å²) in [4.78, 5) is 12.0. The Labute approximate surface area is 97.6 Å². The molecule has 0 aliphatic rings. The molecule has 0 aliphatic carbocycles. The highest BCUT2D eigenvalue weighted by Gasteiger charge is 2.07. The van der Waals surface area contributed by atoms with Crippen molar-refractivity contribution in [3.05, 3.63) is 40.2 Å². The normalized spacial score (nSPS) is 10.6. The Bertz CT molecular complexity index is 560. The molecule has 1 aromatic heterocycles. The Morgan fingerprint density at radius 3 is 2.94 bits per heavy atom. The van der Waals surface area contributed by atoms with Crippen LogP contribution in [-0.2, 0) is 6.42 Å². The van der Waals surface area contributed by atoms with Crippen LogP contribution in [0.2, 0.25) is 0 Å². The number of aryl methyl sites for hydroxylation is 1. The van der Waals surface area contributed by atoms with Crippen molar-refractivity contribution >= 4 is 22.6 Å². The average molecular weight is 239 g/mol. The van der Waals surface area contributed by atoms with Gasteiger partial charge >= 0.3 is 0 Å². The smallest absolute Gasteiger partial charge is 0.195 e. The second kappa shape index (κ2) is 4.58. The third-order valence-corrected chi connectivity index (χ3v) is 2.61. The standard InChI is InChI=1S/C12H11ClO3/c1-15-9-2-3-10-11(6-9)16-7-8(4-5-13)12(10)14/h2-3,6-7H,4-5H2,1H3. The third kappa shape index (κ3) is 1.91. The number of hydrogen-bond acceptors (Lipinski definition) is 3. The first-order chi connectivity index (χ1) is 7.76. The maximum Gasteiger partial charge on any atom is 0.195 e. The minimum Gasteiger partial charge on any atom is -0.497 e. The van der Waals surface area contributed by atoms with Gasteiger partial charge in [-0.05, 0) is 18.6 Å². The molecule has 3 nitrogen and oxygen atoms in total. The van der Waals surface area contributed by atoms with Crippen molar-refractivity contribution in [3.8, 4) is 5.75 Å². The summed E-state index contributed by atoms with van der Waals surface area (Å²) in [5.74, 6) is 1.08. The van der Waals surface area contributed by atoms with E-state index in [1.165, 1.54) is 6.26 Å². The molecule has 1 heterocycles. The molecule has 0 radical (unpaired) electrons. The second-order valence-corrected chi connectivity index (χ2v) is 3.77. The van der Waals surface area contributed by atoms with Crippen LogP contribution in [-0.4, -0.2) is 13.0 Å². The maximum atomic E-state index is 12.0.